The lowest BCUT2D eigenvalue weighted by Gasteiger charge is -2.25. The molecule has 0 spiro atoms. The van der Waals surface area contributed by atoms with E-state index < -0.39 is 5.97 Å². The van der Waals surface area contributed by atoms with Gasteiger partial charge in [0.05, 0.1) is 5.56 Å². The molecule has 0 atom stereocenters. The molecule has 0 aliphatic heterocycles. The summed E-state index contributed by atoms with van der Waals surface area (Å²) in [5.41, 5.74) is 2.69. The van der Waals surface area contributed by atoms with Gasteiger partial charge in [0.2, 0.25) is 0 Å². The van der Waals surface area contributed by atoms with Crippen molar-refractivity contribution in [1.29, 1.82) is 0 Å². The number of carboxylic acids is 1. The first-order valence-electron chi connectivity index (χ1n) is 6.45. The molecular formula is C15H14BrNO2S. The van der Waals surface area contributed by atoms with Crippen molar-refractivity contribution in [2.24, 2.45) is 0 Å². The Balaban J connectivity index is 1.88. The van der Waals surface area contributed by atoms with Crippen LogP contribution >= 0.6 is 27.3 Å². The highest BCUT2D eigenvalue weighted by Gasteiger charge is 2.29. The van der Waals surface area contributed by atoms with Crippen molar-refractivity contribution in [2.75, 3.05) is 4.90 Å². The van der Waals surface area contributed by atoms with E-state index in [9.17, 15) is 4.79 Å². The molecule has 1 aliphatic carbocycles. The second-order valence-electron chi connectivity index (χ2n) is 4.96. The van der Waals surface area contributed by atoms with Crippen LogP contribution in [-0.2, 0) is 6.54 Å². The zero-order valence-electron chi connectivity index (χ0n) is 10.8. The Morgan fingerprint density at radius 3 is 2.75 bits per heavy atom. The van der Waals surface area contributed by atoms with Crippen LogP contribution in [0, 0.1) is 0 Å². The van der Waals surface area contributed by atoms with Gasteiger partial charge in [-0.05, 0) is 69.4 Å². The number of halogens is 1. The number of anilines is 1. The topological polar surface area (TPSA) is 40.5 Å². The van der Waals surface area contributed by atoms with E-state index >= 15 is 0 Å². The van der Waals surface area contributed by atoms with Crippen molar-refractivity contribution in [1.82, 2.24) is 0 Å². The van der Waals surface area contributed by atoms with Gasteiger partial charge in [0.15, 0.2) is 0 Å². The molecule has 0 saturated heterocycles. The summed E-state index contributed by atoms with van der Waals surface area (Å²) in [6, 6.07) is 8.20. The zero-order chi connectivity index (χ0) is 14.1. The molecular weight excluding hydrogens is 338 g/mol. The van der Waals surface area contributed by atoms with E-state index in [-0.39, 0.29) is 0 Å². The van der Waals surface area contributed by atoms with Crippen molar-refractivity contribution in [3.05, 3.63) is 50.6 Å². The lowest BCUT2D eigenvalue weighted by Crippen LogP contribution is -2.24. The van der Waals surface area contributed by atoms with Gasteiger partial charge < -0.3 is 10.0 Å². The zero-order valence-corrected chi connectivity index (χ0v) is 13.2. The molecule has 0 bridgehead atoms. The number of hydrogen-bond acceptors (Lipinski definition) is 3. The molecule has 3 nitrogen and oxygen atoms in total. The predicted molar refractivity (Wildman–Crippen MR) is 84.6 cm³/mol. The Kier molecular flexibility index (Phi) is 3.81. The molecule has 1 aliphatic rings. The monoisotopic (exact) mass is 351 g/mol. The van der Waals surface area contributed by atoms with Gasteiger partial charge in [-0.1, -0.05) is 0 Å². The normalized spacial score (nSPS) is 14.2. The molecule has 20 heavy (non-hydrogen) atoms. The highest BCUT2D eigenvalue weighted by molar-refractivity contribution is 9.10. The maximum absolute atomic E-state index is 11.1. The second-order valence-corrected chi connectivity index (χ2v) is 6.59. The summed E-state index contributed by atoms with van der Waals surface area (Å²) in [6.07, 6.45) is 2.42. The van der Waals surface area contributed by atoms with E-state index in [1.165, 1.54) is 18.4 Å². The van der Waals surface area contributed by atoms with E-state index in [2.05, 4.69) is 37.7 Å². The minimum absolute atomic E-state index is 0.306. The average molecular weight is 352 g/mol. The third kappa shape index (κ3) is 2.88. The van der Waals surface area contributed by atoms with Gasteiger partial charge in [-0.25, -0.2) is 4.79 Å². The molecule has 5 heteroatoms. The van der Waals surface area contributed by atoms with Crippen LogP contribution in [0.3, 0.4) is 0 Å². The number of aromatic carboxylic acids is 1. The fraction of sp³-hybridized carbons (Fsp3) is 0.267. The SMILES string of the molecule is O=C(O)c1ccc(N(Cc2ccsc2)C2CC2)cc1Br. The number of carbonyl (C=O) groups is 1. The van der Waals surface area contributed by atoms with Gasteiger partial charge >= 0.3 is 5.97 Å². The number of rotatable bonds is 5. The third-order valence-electron chi connectivity index (χ3n) is 3.44. The molecule has 1 N–H and O–H groups in total. The molecule has 0 radical (unpaired) electrons. The Morgan fingerprint density at radius 2 is 2.20 bits per heavy atom. The Labute approximate surface area is 130 Å². The van der Waals surface area contributed by atoms with Crippen LogP contribution in [0.25, 0.3) is 0 Å². The van der Waals surface area contributed by atoms with Crippen LogP contribution in [0.5, 0.6) is 0 Å². The molecule has 104 valence electrons. The summed E-state index contributed by atoms with van der Waals surface area (Å²) >= 11 is 5.06. The number of nitrogens with zero attached hydrogens (tertiary/aromatic N) is 1. The van der Waals surface area contributed by atoms with Gasteiger partial charge in [-0.3, -0.25) is 0 Å². The van der Waals surface area contributed by atoms with Crippen molar-refractivity contribution in [2.45, 2.75) is 25.4 Å². The second kappa shape index (κ2) is 5.58. The summed E-state index contributed by atoms with van der Waals surface area (Å²) in [6.45, 7) is 0.882. The van der Waals surface area contributed by atoms with E-state index in [0.29, 0.717) is 16.1 Å². The smallest absolute Gasteiger partial charge is 0.336 e. The molecule has 0 unspecified atom stereocenters. The van der Waals surface area contributed by atoms with Crippen LogP contribution in [0.1, 0.15) is 28.8 Å². The number of thiophene rings is 1. The van der Waals surface area contributed by atoms with E-state index in [1.54, 1.807) is 17.4 Å². The summed E-state index contributed by atoms with van der Waals surface area (Å²) < 4.78 is 0.637. The Bertz CT molecular complexity index is 623. The standard InChI is InChI=1S/C15H14BrNO2S/c16-14-7-12(3-4-13(14)15(18)19)17(11-1-2-11)8-10-5-6-20-9-10/h3-7,9,11H,1-2,8H2,(H,18,19). The van der Waals surface area contributed by atoms with Crippen LogP contribution in [-0.4, -0.2) is 17.1 Å². The molecule has 1 aromatic carbocycles. The lowest BCUT2D eigenvalue weighted by molar-refractivity contribution is 0.0696. The predicted octanol–water partition coefficient (Wildman–Crippen LogP) is 4.38. The Morgan fingerprint density at radius 1 is 1.40 bits per heavy atom. The van der Waals surface area contributed by atoms with Crippen LogP contribution in [0.15, 0.2) is 39.5 Å². The summed E-state index contributed by atoms with van der Waals surface area (Å²) in [7, 11) is 0. The van der Waals surface area contributed by atoms with Crippen LogP contribution in [0.2, 0.25) is 0 Å². The maximum atomic E-state index is 11.1. The lowest BCUT2D eigenvalue weighted by atomic mass is 10.2. The van der Waals surface area contributed by atoms with Crippen LogP contribution in [0.4, 0.5) is 5.69 Å². The minimum Gasteiger partial charge on any atom is -0.478 e. The maximum Gasteiger partial charge on any atom is 0.336 e. The van der Waals surface area contributed by atoms with Gasteiger partial charge in [-0.2, -0.15) is 11.3 Å². The highest BCUT2D eigenvalue weighted by Crippen LogP contribution is 2.35. The quantitative estimate of drug-likeness (QED) is 0.868. The van der Waals surface area contributed by atoms with E-state index in [1.807, 2.05) is 12.1 Å². The minimum atomic E-state index is -0.903. The summed E-state index contributed by atoms with van der Waals surface area (Å²) in [5, 5.41) is 13.3. The Hall–Kier alpha value is -1.33. The van der Waals surface area contributed by atoms with Gasteiger partial charge in [-0.15, -0.1) is 0 Å². The van der Waals surface area contributed by atoms with E-state index in [0.717, 1.165) is 12.2 Å². The van der Waals surface area contributed by atoms with Crippen molar-refractivity contribution >= 4 is 38.9 Å². The van der Waals surface area contributed by atoms with Gasteiger partial charge in [0.25, 0.3) is 0 Å². The van der Waals surface area contributed by atoms with Gasteiger partial charge in [0, 0.05) is 22.7 Å². The summed E-state index contributed by atoms with van der Waals surface area (Å²) in [5.74, 6) is -0.903. The van der Waals surface area contributed by atoms with Crippen molar-refractivity contribution in [3.8, 4) is 0 Å². The number of hydrogen-bond donors (Lipinski definition) is 1. The first-order chi connectivity index (χ1) is 9.65. The van der Waals surface area contributed by atoms with Crippen molar-refractivity contribution < 1.29 is 9.90 Å². The average Bonchev–Trinajstić information content (AvgIpc) is 3.12. The first kappa shape index (κ1) is 13.6. The fourth-order valence-corrected chi connectivity index (χ4v) is 3.45. The molecule has 0 amide bonds. The van der Waals surface area contributed by atoms with Gasteiger partial charge in [0.1, 0.15) is 0 Å². The molecule has 1 aromatic heterocycles. The third-order valence-corrected chi connectivity index (χ3v) is 4.82. The largest absolute Gasteiger partial charge is 0.478 e. The molecule has 3 rings (SSSR count). The van der Waals surface area contributed by atoms with Crippen molar-refractivity contribution in [3.63, 3.8) is 0 Å². The number of carboxylic acid groups (broad SMARTS) is 1. The summed E-state index contributed by atoms with van der Waals surface area (Å²) in [4.78, 5) is 13.4. The fourth-order valence-electron chi connectivity index (χ4n) is 2.25. The number of benzene rings is 1. The highest BCUT2D eigenvalue weighted by atomic mass is 79.9. The molecule has 1 fully saturated rings. The molecule has 1 saturated carbocycles. The molecule has 2 aromatic rings. The first-order valence-corrected chi connectivity index (χ1v) is 8.19. The molecule has 1 heterocycles. The van der Waals surface area contributed by atoms with Crippen LogP contribution < -0.4 is 4.90 Å². The van der Waals surface area contributed by atoms with E-state index in [4.69, 9.17) is 5.11 Å².